The number of anilines is 2. The molecule has 3 heterocycles. The van der Waals surface area contributed by atoms with E-state index in [0.29, 0.717) is 34.3 Å². The number of carbonyl (C=O) groups is 1. The van der Waals surface area contributed by atoms with E-state index in [1.165, 1.54) is 0 Å². The van der Waals surface area contributed by atoms with Crippen LogP contribution in [0.1, 0.15) is 5.56 Å². The quantitative estimate of drug-likeness (QED) is 0.346. The molecule has 6 rings (SSSR count). The first-order chi connectivity index (χ1) is 18.0. The van der Waals surface area contributed by atoms with Crippen molar-refractivity contribution in [1.82, 2.24) is 30.0 Å². The van der Waals surface area contributed by atoms with Gasteiger partial charge in [-0.1, -0.05) is 47.1 Å². The first kappa shape index (κ1) is 22.2. The van der Waals surface area contributed by atoms with Crippen LogP contribution in [0, 0.1) is 6.92 Å². The van der Waals surface area contributed by atoms with Crippen molar-refractivity contribution in [2.45, 2.75) is 13.5 Å². The van der Waals surface area contributed by atoms with Crippen molar-refractivity contribution in [2.75, 3.05) is 11.1 Å². The maximum absolute atomic E-state index is 13.1. The van der Waals surface area contributed by atoms with Gasteiger partial charge in [-0.2, -0.15) is 4.98 Å². The molecule has 1 amide bonds. The van der Waals surface area contributed by atoms with Gasteiger partial charge in [0.15, 0.2) is 17.3 Å². The molecule has 0 spiro atoms. The molecule has 3 aromatic carbocycles. The number of nitrogens with two attached hydrogens (primary N) is 1. The molecule has 0 saturated carbocycles. The van der Waals surface area contributed by atoms with E-state index in [0.717, 1.165) is 16.6 Å². The molecule has 0 saturated heterocycles. The molecular formula is C26H20N8O3. The third kappa shape index (κ3) is 4.29. The third-order valence-electron chi connectivity index (χ3n) is 5.78. The number of aromatic nitrogens is 6. The maximum Gasteiger partial charge on any atom is 0.258 e. The first-order valence-electron chi connectivity index (χ1n) is 11.4. The maximum atomic E-state index is 13.1. The monoisotopic (exact) mass is 492 g/mol. The van der Waals surface area contributed by atoms with Crippen molar-refractivity contribution >= 4 is 28.4 Å². The molecular weight excluding hydrogens is 472 g/mol. The zero-order valence-corrected chi connectivity index (χ0v) is 19.6. The van der Waals surface area contributed by atoms with Crippen molar-refractivity contribution < 1.29 is 13.9 Å². The second-order valence-electron chi connectivity index (χ2n) is 8.43. The fraction of sp³-hybridized carbons (Fsp3) is 0.0769. The minimum absolute atomic E-state index is 0.0356. The van der Waals surface area contributed by atoms with Crippen LogP contribution in [0.5, 0.6) is 0 Å². The first-order valence-corrected chi connectivity index (χ1v) is 11.4. The van der Waals surface area contributed by atoms with Gasteiger partial charge in [-0.25, -0.2) is 9.61 Å². The minimum Gasteiger partial charge on any atom is -0.379 e. The Morgan fingerprint density at radius 2 is 1.78 bits per heavy atom. The van der Waals surface area contributed by atoms with Gasteiger partial charge < -0.3 is 20.1 Å². The fourth-order valence-corrected chi connectivity index (χ4v) is 4.08. The van der Waals surface area contributed by atoms with Crippen molar-refractivity contribution in [2.24, 2.45) is 0 Å². The van der Waals surface area contributed by atoms with Crippen molar-refractivity contribution in [1.29, 1.82) is 0 Å². The molecule has 0 unspecified atom stereocenters. The van der Waals surface area contributed by atoms with Crippen LogP contribution >= 0.6 is 0 Å². The van der Waals surface area contributed by atoms with E-state index >= 15 is 0 Å². The predicted molar refractivity (Wildman–Crippen MR) is 136 cm³/mol. The Hall–Kier alpha value is -5.32. The van der Waals surface area contributed by atoms with Crippen molar-refractivity contribution in [3.05, 3.63) is 78.4 Å². The highest BCUT2D eigenvalue weighted by molar-refractivity contribution is 5.93. The van der Waals surface area contributed by atoms with Crippen LogP contribution in [0.4, 0.5) is 11.5 Å². The van der Waals surface area contributed by atoms with Crippen LogP contribution < -0.4 is 11.1 Å². The summed E-state index contributed by atoms with van der Waals surface area (Å²) in [4.78, 5) is 22.2. The topological polar surface area (TPSA) is 151 Å². The van der Waals surface area contributed by atoms with Gasteiger partial charge in [-0.3, -0.25) is 4.79 Å². The molecule has 182 valence electrons. The molecule has 0 atom stereocenters. The Morgan fingerprint density at radius 1 is 0.946 bits per heavy atom. The smallest absolute Gasteiger partial charge is 0.258 e. The number of carbonyl (C=O) groups excluding carboxylic acids is 1. The van der Waals surface area contributed by atoms with Crippen LogP contribution in [-0.4, -0.2) is 35.9 Å². The Labute approximate surface area is 209 Å². The lowest BCUT2D eigenvalue weighted by Crippen LogP contribution is -2.19. The van der Waals surface area contributed by atoms with Gasteiger partial charge in [0, 0.05) is 16.8 Å². The number of fused-ring (bicyclic) bond motifs is 1. The Bertz CT molecular complexity index is 1750. The van der Waals surface area contributed by atoms with E-state index in [1.54, 1.807) is 16.7 Å². The zero-order valence-electron chi connectivity index (χ0n) is 19.6. The highest BCUT2D eigenvalue weighted by atomic mass is 16.6. The summed E-state index contributed by atoms with van der Waals surface area (Å²) in [5.41, 5.74) is 10.8. The number of hydrogen-bond acceptors (Lipinski definition) is 9. The van der Waals surface area contributed by atoms with E-state index in [2.05, 4.69) is 30.8 Å². The number of nitrogens with zero attached hydrogens (tertiary/aromatic N) is 6. The molecule has 0 aliphatic carbocycles. The summed E-state index contributed by atoms with van der Waals surface area (Å²) in [6, 6.07) is 22.5. The molecule has 3 aromatic heterocycles. The van der Waals surface area contributed by atoms with Crippen LogP contribution in [0.25, 0.3) is 45.4 Å². The van der Waals surface area contributed by atoms with Crippen molar-refractivity contribution in [3.8, 4) is 34.4 Å². The standard InChI is InChI=1S/C26H20N8O3/c1-15-6-4-8-17(12-15)26-30-24(33-36-26)16-7-5-9-18(13-16)28-21(35)14-34-20-11-3-2-10-19(20)29-25(34)22-23(27)32-37-31-22/h2-13H,14H2,1H3,(H2,27,32)(H,28,35). The van der Waals surface area contributed by atoms with Crippen molar-refractivity contribution in [3.63, 3.8) is 0 Å². The predicted octanol–water partition coefficient (Wildman–Crippen LogP) is 4.33. The average molecular weight is 492 g/mol. The molecule has 0 aliphatic heterocycles. The summed E-state index contributed by atoms with van der Waals surface area (Å²) in [5.74, 6) is 1.05. The Kier molecular flexibility index (Phi) is 5.41. The second-order valence-corrected chi connectivity index (χ2v) is 8.43. The van der Waals surface area contributed by atoms with Crippen LogP contribution in [0.2, 0.25) is 0 Å². The molecule has 11 heteroatoms. The van der Waals surface area contributed by atoms with Gasteiger partial charge in [0.2, 0.25) is 11.7 Å². The summed E-state index contributed by atoms with van der Waals surface area (Å²) in [6.45, 7) is 1.96. The number of imidazole rings is 1. The number of rotatable bonds is 6. The van der Waals surface area contributed by atoms with Gasteiger partial charge in [0.25, 0.3) is 5.89 Å². The van der Waals surface area contributed by atoms with E-state index in [4.69, 9.17) is 14.9 Å². The number of aryl methyl sites for hydroxylation is 1. The lowest BCUT2D eigenvalue weighted by atomic mass is 10.1. The van der Waals surface area contributed by atoms with Gasteiger partial charge in [-0.15, -0.1) is 0 Å². The molecule has 3 N–H and O–H groups in total. The summed E-state index contributed by atoms with van der Waals surface area (Å²) >= 11 is 0. The van der Waals surface area contributed by atoms with Gasteiger partial charge in [-0.05, 0) is 53.6 Å². The molecule has 0 bridgehead atoms. The Balaban J connectivity index is 1.25. The number of amides is 1. The SMILES string of the molecule is Cc1cccc(-c2nc(-c3cccc(NC(=O)Cn4c(-c5nonc5N)nc5ccccc54)c3)no2)c1. The van der Waals surface area contributed by atoms with Crippen LogP contribution in [-0.2, 0) is 11.3 Å². The number of para-hydroxylation sites is 2. The van der Waals surface area contributed by atoms with E-state index in [9.17, 15) is 4.79 Å². The summed E-state index contributed by atoms with van der Waals surface area (Å²) in [5, 5.41) is 14.5. The highest BCUT2D eigenvalue weighted by Gasteiger charge is 2.21. The molecule has 0 aliphatic rings. The number of nitrogens with one attached hydrogen (secondary N) is 1. The highest BCUT2D eigenvalue weighted by Crippen LogP contribution is 2.27. The average Bonchev–Trinajstić information content (AvgIpc) is 3.63. The molecule has 37 heavy (non-hydrogen) atoms. The van der Waals surface area contributed by atoms with Gasteiger partial charge in [0.1, 0.15) is 6.54 Å². The lowest BCUT2D eigenvalue weighted by molar-refractivity contribution is -0.116. The van der Waals surface area contributed by atoms with E-state index in [-0.39, 0.29) is 24.0 Å². The Morgan fingerprint density at radius 3 is 2.62 bits per heavy atom. The fourth-order valence-electron chi connectivity index (χ4n) is 4.08. The minimum atomic E-state index is -0.273. The van der Waals surface area contributed by atoms with E-state index in [1.807, 2.05) is 67.6 Å². The van der Waals surface area contributed by atoms with Crippen LogP contribution in [0.3, 0.4) is 0 Å². The molecule has 0 fully saturated rings. The summed E-state index contributed by atoms with van der Waals surface area (Å²) in [7, 11) is 0. The summed E-state index contributed by atoms with van der Waals surface area (Å²) < 4.78 is 11.9. The van der Waals surface area contributed by atoms with Crippen LogP contribution in [0.15, 0.2) is 81.9 Å². The molecule has 6 aromatic rings. The van der Waals surface area contributed by atoms with Gasteiger partial charge in [0.05, 0.1) is 11.0 Å². The second kappa shape index (κ2) is 9.04. The molecule has 11 nitrogen and oxygen atoms in total. The van der Waals surface area contributed by atoms with Gasteiger partial charge >= 0.3 is 0 Å². The number of benzene rings is 3. The van der Waals surface area contributed by atoms with E-state index < -0.39 is 0 Å². The zero-order chi connectivity index (χ0) is 25.4. The number of hydrogen-bond donors (Lipinski definition) is 2. The largest absolute Gasteiger partial charge is 0.379 e. The third-order valence-corrected chi connectivity index (χ3v) is 5.78. The normalized spacial score (nSPS) is 11.2. The molecule has 0 radical (unpaired) electrons. The summed E-state index contributed by atoms with van der Waals surface area (Å²) in [6.07, 6.45) is 0. The number of nitrogen functional groups attached to an aromatic ring is 1. The lowest BCUT2D eigenvalue weighted by Gasteiger charge is -2.09.